The topological polar surface area (TPSA) is 38.8 Å². The second kappa shape index (κ2) is 2.57. The molecule has 2 bridgehead atoms. The van der Waals surface area contributed by atoms with Crippen LogP contribution in [0.1, 0.15) is 26.2 Å². The van der Waals surface area contributed by atoms with E-state index in [1.165, 1.54) is 19.8 Å². The molecule has 0 aromatic rings. The molecule has 0 spiro atoms. The standard InChI is InChI=1S/C12H16O3/c1-5(13)14-9-3-6-2-8(9)11-7(6)4-10-12(11)15-10/h6-12H,2-4H2,1H3. The molecule has 0 aromatic heterocycles. The first-order valence-electron chi connectivity index (χ1n) is 6.06. The normalized spacial score (nSPS) is 58.9. The summed E-state index contributed by atoms with van der Waals surface area (Å²) in [7, 11) is 0. The molecule has 3 nitrogen and oxygen atoms in total. The first kappa shape index (κ1) is 8.57. The van der Waals surface area contributed by atoms with Crippen LogP contribution in [0.2, 0.25) is 0 Å². The van der Waals surface area contributed by atoms with Gasteiger partial charge in [-0.25, -0.2) is 0 Å². The van der Waals surface area contributed by atoms with Gasteiger partial charge < -0.3 is 9.47 Å². The predicted octanol–water partition coefficient (Wildman–Crippen LogP) is 1.36. The number of ether oxygens (including phenoxy) is 2. The Kier molecular flexibility index (Phi) is 1.47. The molecule has 4 fully saturated rings. The zero-order chi connectivity index (χ0) is 10.2. The Morgan fingerprint density at radius 3 is 2.93 bits per heavy atom. The molecular formula is C12H16O3. The molecule has 0 radical (unpaired) electrons. The largest absolute Gasteiger partial charge is 0.462 e. The molecule has 7 unspecified atom stereocenters. The molecule has 7 atom stereocenters. The van der Waals surface area contributed by atoms with Crippen LogP contribution in [0.15, 0.2) is 0 Å². The van der Waals surface area contributed by atoms with Crippen LogP contribution in [0.4, 0.5) is 0 Å². The lowest BCUT2D eigenvalue weighted by atomic mass is 9.79. The number of esters is 1. The van der Waals surface area contributed by atoms with Gasteiger partial charge in [0.25, 0.3) is 0 Å². The van der Waals surface area contributed by atoms with Crippen LogP contribution in [0, 0.1) is 23.7 Å². The van der Waals surface area contributed by atoms with Gasteiger partial charge in [0.1, 0.15) is 6.10 Å². The van der Waals surface area contributed by atoms with Gasteiger partial charge in [-0.05, 0) is 37.0 Å². The van der Waals surface area contributed by atoms with Crippen molar-refractivity contribution in [2.24, 2.45) is 23.7 Å². The molecule has 0 N–H and O–H groups in total. The van der Waals surface area contributed by atoms with Gasteiger partial charge in [-0.3, -0.25) is 4.79 Å². The smallest absolute Gasteiger partial charge is 0.302 e. The zero-order valence-electron chi connectivity index (χ0n) is 8.89. The van der Waals surface area contributed by atoms with Crippen LogP contribution < -0.4 is 0 Å². The highest BCUT2D eigenvalue weighted by molar-refractivity contribution is 5.66. The van der Waals surface area contributed by atoms with Crippen molar-refractivity contribution in [2.75, 3.05) is 0 Å². The molecule has 1 heterocycles. The molecule has 4 rings (SSSR count). The van der Waals surface area contributed by atoms with Crippen molar-refractivity contribution in [1.82, 2.24) is 0 Å². The molecule has 3 saturated carbocycles. The highest BCUT2D eigenvalue weighted by Gasteiger charge is 2.67. The second-order valence-corrected chi connectivity index (χ2v) is 5.66. The van der Waals surface area contributed by atoms with Gasteiger partial charge in [-0.15, -0.1) is 0 Å². The maximum atomic E-state index is 11.0. The summed E-state index contributed by atoms with van der Waals surface area (Å²) in [6, 6.07) is 0. The van der Waals surface area contributed by atoms with E-state index in [0.29, 0.717) is 18.1 Å². The van der Waals surface area contributed by atoms with Crippen molar-refractivity contribution in [1.29, 1.82) is 0 Å². The number of carbonyl (C=O) groups excluding carboxylic acids is 1. The van der Waals surface area contributed by atoms with E-state index in [2.05, 4.69) is 0 Å². The third kappa shape index (κ3) is 1.02. The van der Waals surface area contributed by atoms with Crippen LogP contribution in [0.3, 0.4) is 0 Å². The summed E-state index contributed by atoms with van der Waals surface area (Å²) in [5, 5.41) is 0. The lowest BCUT2D eigenvalue weighted by Gasteiger charge is -2.31. The van der Waals surface area contributed by atoms with Crippen LogP contribution in [-0.4, -0.2) is 24.3 Å². The van der Waals surface area contributed by atoms with E-state index < -0.39 is 0 Å². The SMILES string of the molecule is CC(=O)OC1CC2CC1C1C2CC2OC21. The first-order chi connectivity index (χ1) is 7.24. The van der Waals surface area contributed by atoms with E-state index in [4.69, 9.17) is 9.47 Å². The molecule has 1 aliphatic heterocycles. The van der Waals surface area contributed by atoms with E-state index in [1.54, 1.807) is 0 Å². The van der Waals surface area contributed by atoms with Gasteiger partial charge in [0.2, 0.25) is 0 Å². The van der Waals surface area contributed by atoms with E-state index in [0.717, 1.165) is 24.2 Å². The summed E-state index contributed by atoms with van der Waals surface area (Å²) in [5.41, 5.74) is 0. The average molecular weight is 208 g/mol. The van der Waals surface area contributed by atoms with Gasteiger partial charge >= 0.3 is 5.97 Å². The third-order valence-electron chi connectivity index (χ3n) is 5.00. The molecule has 0 aromatic carbocycles. The minimum atomic E-state index is -0.115. The van der Waals surface area contributed by atoms with Crippen LogP contribution in [-0.2, 0) is 14.3 Å². The summed E-state index contributed by atoms with van der Waals surface area (Å²) in [6.07, 6.45) is 4.98. The number of rotatable bonds is 1. The fraction of sp³-hybridized carbons (Fsp3) is 0.917. The van der Waals surface area contributed by atoms with Gasteiger partial charge in [-0.2, -0.15) is 0 Å². The van der Waals surface area contributed by atoms with E-state index in [1.807, 2.05) is 0 Å². The Hall–Kier alpha value is -0.570. The predicted molar refractivity (Wildman–Crippen MR) is 52.0 cm³/mol. The van der Waals surface area contributed by atoms with Crippen molar-refractivity contribution >= 4 is 5.97 Å². The maximum Gasteiger partial charge on any atom is 0.302 e. The number of fused-ring (bicyclic) bond motifs is 7. The van der Waals surface area contributed by atoms with E-state index in [-0.39, 0.29) is 12.1 Å². The Balaban J connectivity index is 1.57. The Morgan fingerprint density at radius 1 is 1.27 bits per heavy atom. The highest BCUT2D eigenvalue weighted by atomic mass is 16.6. The van der Waals surface area contributed by atoms with E-state index >= 15 is 0 Å². The first-order valence-corrected chi connectivity index (χ1v) is 6.06. The van der Waals surface area contributed by atoms with Gasteiger partial charge in [0.15, 0.2) is 0 Å². The van der Waals surface area contributed by atoms with Crippen LogP contribution in [0.25, 0.3) is 0 Å². The lowest BCUT2D eigenvalue weighted by Crippen LogP contribution is -2.34. The molecule has 15 heavy (non-hydrogen) atoms. The van der Waals surface area contributed by atoms with Crippen molar-refractivity contribution in [3.8, 4) is 0 Å². The molecule has 3 heteroatoms. The van der Waals surface area contributed by atoms with Gasteiger partial charge in [0.05, 0.1) is 12.2 Å². The van der Waals surface area contributed by atoms with Gasteiger partial charge in [0, 0.05) is 12.8 Å². The lowest BCUT2D eigenvalue weighted by molar-refractivity contribution is -0.150. The zero-order valence-corrected chi connectivity index (χ0v) is 8.89. The number of hydrogen-bond donors (Lipinski definition) is 0. The third-order valence-corrected chi connectivity index (χ3v) is 5.00. The molecule has 1 saturated heterocycles. The molecular weight excluding hydrogens is 192 g/mol. The molecule has 0 amide bonds. The highest BCUT2D eigenvalue weighted by Crippen LogP contribution is 2.64. The van der Waals surface area contributed by atoms with E-state index in [9.17, 15) is 4.79 Å². The Labute approximate surface area is 89.1 Å². The monoisotopic (exact) mass is 208 g/mol. The van der Waals surface area contributed by atoms with Crippen LogP contribution >= 0.6 is 0 Å². The van der Waals surface area contributed by atoms with Crippen molar-refractivity contribution in [3.05, 3.63) is 0 Å². The fourth-order valence-electron chi connectivity index (χ4n) is 4.60. The van der Waals surface area contributed by atoms with Crippen molar-refractivity contribution in [2.45, 2.75) is 44.5 Å². The minimum absolute atomic E-state index is 0.115. The fourth-order valence-corrected chi connectivity index (χ4v) is 4.60. The number of carbonyl (C=O) groups is 1. The summed E-state index contributed by atoms with van der Waals surface area (Å²) in [5.74, 6) is 2.93. The van der Waals surface area contributed by atoms with Crippen molar-refractivity contribution in [3.63, 3.8) is 0 Å². The molecule has 3 aliphatic carbocycles. The summed E-state index contributed by atoms with van der Waals surface area (Å²) in [4.78, 5) is 11.0. The Bertz CT molecular complexity index is 327. The number of hydrogen-bond acceptors (Lipinski definition) is 3. The van der Waals surface area contributed by atoms with Crippen LogP contribution in [0.5, 0.6) is 0 Å². The molecule has 4 aliphatic rings. The minimum Gasteiger partial charge on any atom is -0.462 e. The quantitative estimate of drug-likeness (QED) is 0.482. The summed E-state index contributed by atoms with van der Waals surface area (Å²) in [6.45, 7) is 1.52. The molecule has 82 valence electrons. The Morgan fingerprint density at radius 2 is 2.13 bits per heavy atom. The maximum absolute atomic E-state index is 11.0. The second-order valence-electron chi connectivity index (χ2n) is 5.66. The van der Waals surface area contributed by atoms with Crippen molar-refractivity contribution < 1.29 is 14.3 Å². The number of epoxide rings is 1. The average Bonchev–Trinajstić information content (AvgIpc) is 2.58. The summed E-state index contributed by atoms with van der Waals surface area (Å²) >= 11 is 0. The summed E-state index contributed by atoms with van der Waals surface area (Å²) < 4.78 is 11.1. The van der Waals surface area contributed by atoms with Gasteiger partial charge in [-0.1, -0.05) is 0 Å².